The van der Waals surface area contributed by atoms with Crippen LogP contribution in [-0.2, 0) is 6.42 Å². The number of ether oxygens (including phenoxy) is 2. The van der Waals surface area contributed by atoms with Gasteiger partial charge in [0.05, 0.1) is 13.7 Å². The number of rotatable bonds is 9. The first kappa shape index (κ1) is 15.8. The predicted molar refractivity (Wildman–Crippen MR) is 80.3 cm³/mol. The summed E-state index contributed by atoms with van der Waals surface area (Å²) in [5.41, 5.74) is 1.31. The molecule has 0 spiro atoms. The lowest BCUT2D eigenvalue weighted by Gasteiger charge is -2.13. The van der Waals surface area contributed by atoms with Crippen LogP contribution in [0.1, 0.15) is 31.7 Å². The topological polar surface area (TPSA) is 21.7 Å². The summed E-state index contributed by atoms with van der Waals surface area (Å²) < 4.78 is 11.1. The fourth-order valence-electron chi connectivity index (χ4n) is 1.91. The normalized spacial score (nSPS) is 10.8. The molecule has 0 fully saturated rings. The van der Waals surface area contributed by atoms with Crippen molar-refractivity contribution in [3.63, 3.8) is 0 Å². The molecule has 1 rings (SSSR count). The third-order valence-corrected chi connectivity index (χ3v) is 3.05. The minimum absolute atomic E-state index is 0.757. The molecule has 0 unspecified atom stereocenters. The van der Waals surface area contributed by atoms with Gasteiger partial charge in [0.25, 0.3) is 0 Å². The summed E-state index contributed by atoms with van der Waals surface area (Å²) in [5, 5.41) is 0. The fourth-order valence-corrected chi connectivity index (χ4v) is 1.91. The van der Waals surface area contributed by atoms with Crippen molar-refractivity contribution in [3.8, 4) is 11.5 Å². The molecule has 0 bridgehead atoms. The molecule has 3 nitrogen and oxygen atoms in total. The van der Waals surface area contributed by atoms with Crippen molar-refractivity contribution in [2.45, 2.75) is 32.6 Å². The van der Waals surface area contributed by atoms with Crippen LogP contribution in [0, 0.1) is 0 Å². The van der Waals surface area contributed by atoms with Gasteiger partial charge in [0.15, 0.2) is 11.5 Å². The van der Waals surface area contributed by atoms with Crippen molar-refractivity contribution in [2.75, 3.05) is 34.4 Å². The lowest BCUT2D eigenvalue weighted by molar-refractivity contribution is 0.288. The van der Waals surface area contributed by atoms with Crippen molar-refractivity contribution in [1.29, 1.82) is 0 Å². The molecule has 0 aliphatic carbocycles. The van der Waals surface area contributed by atoms with Crippen LogP contribution in [0.3, 0.4) is 0 Å². The lowest BCUT2D eigenvalue weighted by Crippen LogP contribution is -2.13. The van der Waals surface area contributed by atoms with Crippen LogP contribution in [0.25, 0.3) is 0 Å². The highest BCUT2D eigenvalue weighted by Gasteiger charge is 2.05. The highest BCUT2D eigenvalue weighted by Crippen LogP contribution is 2.28. The van der Waals surface area contributed by atoms with Crippen LogP contribution < -0.4 is 9.47 Å². The molecule has 19 heavy (non-hydrogen) atoms. The Kier molecular flexibility index (Phi) is 7.34. The van der Waals surface area contributed by atoms with E-state index in [4.69, 9.17) is 9.47 Å². The zero-order valence-electron chi connectivity index (χ0n) is 12.7. The Morgan fingerprint density at radius 1 is 1.11 bits per heavy atom. The van der Waals surface area contributed by atoms with Gasteiger partial charge in [-0.05, 0) is 57.6 Å². The number of unbranched alkanes of at least 4 members (excludes halogenated alkanes) is 1. The fraction of sp³-hybridized carbons (Fsp3) is 0.625. The third-order valence-electron chi connectivity index (χ3n) is 3.05. The maximum atomic E-state index is 5.73. The van der Waals surface area contributed by atoms with Crippen LogP contribution in [0.4, 0.5) is 0 Å². The first-order chi connectivity index (χ1) is 9.17. The molecule has 0 aromatic heterocycles. The second kappa shape index (κ2) is 8.81. The van der Waals surface area contributed by atoms with E-state index in [0.29, 0.717) is 0 Å². The van der Waals surface area contributed by atoms with Crippen molar-refractivity contribution in [3.05, 3.63) is 23.8 Å². The molecule has 0 saturated carbocycles. The minimum Gasteiger partial charge on any atom is -0.493 e. The Hall–Kier alpha value is -1.22. The van der Waals surface area contributed by atoms with Gasteiger partial charge in [-0.2, -0.15) is 0 Å². The molecule has 0 atom stereocenters. The summed E-state index contributed by atoms with van der Waals surface area (Å²) in [6.45, 7) is 4.03. The maximum Gasteiger partial charge on any atom is 0.161 e. The average Bonchev–Trinajstić information content (AvgIpc) is 2.39. The van der Waals surface area contributed by atoms with Crippen LogP contribution in [0.15, 0.2) is 18.2 Å². The van der Waals surface area contributed by atoms with Gasteiger partial charge in [-0.1, -0.05) is 19.4 Å². The molecule has 3 heteroatoms. The number of hydrogen-bond donors (Lipinski definition) is 0. The van der Waals surface area contributed by atoms with E-state index in [1.54, 1.807) is 7.11 Å². The van der Waals surface area contributed by atoms with E-state index in [1.165, 1.54) is 5.56 Å². The molecule has 0 aliphatic heterocycles. The third kappa shape index (κ3) is 5.97. The number of hydrogen-bond acceptors (Lipinski definition) is 3. The van der Waals surface area contributed by atoms with Gasteiger partial charge in [0.2, 0.25) is 0 Å². The number of methoxy groups -OCH3 is 1. The van der Waals surface area contributed by atoms with Gasteiger partial charge >= 0.3 is 0 Å². The first-order valence-electron chi connectivity index (χ1n) is 7.11. The van der Waals surface area contributed by atoms with Crippen LogP contribution in [0.5, 0.6) is 11.5 Å². The van der Waals surface area contributed by atoms with Gasteiger partial charge in [0.1, 0.15) is 0 Å². The molecule has 0 amide bonds. The molecule has 0 radical (unpaired) electrons. The summed E-state index contributed by atoms with van der Waals surface area (Å²) >= 11 is 0. The molecule has 0 aliphatic rings. The van der Waals surface area contributed by atoms with E-state index < -0.39 is 0 Å². The molecule has 0 saturated heterocycles. The van der Waals surface area contributed by atoms with E-state index in [0.717, 1.165) is 50.3 Å². The summed E-state index contributed by atoms with van der Waals surface area (Å²) in [5.74, 6) is 1.70. The minimum atomic E-state index is 0.757. The van der Waals surface area contributed by atoms with Crippen molar-refractivity contribution < 1.29 is 9.47 Å². The van der Waals surface area contributed by atoms with Crippen molar-refractivity contribution in [1.82, 2.24) is 4.90 Å². The molecule has 1 aromatic carbocycles. The summed E-state index contributed by atoms with van der Waals surface area (Å²) in [7, 11) is 5.90. The number of aryl methyl sites for hydroxylation is 1. The van der Waals surface area contributed by atoms with Gasteiger partial charge in [-0.25, -0.2) is 0 Å². The first-order valence-corrected chi connectivity index (χ1v) is 7.11. The molecule has 108 valence electrons. The van der Waals surface area contributed by atoms with Crippen LogP contribution in [0.2, 0.25) is 0 Å². The van der Waals surface area contributed by atoms with E-state index in [1.807, 2.05) is 6.07 Å². The monoisotopic (exact) mass is 265 g/mol. The molecular formula is C16H27NO2. The van der Waals surface area contributed by atoms with Gasteiger partial charge in [-0.15, -0.1) is 0 Å². The lowest BCUT2D eigenvalue weighted by atomic mass is 10.1. The van der Waals surface area contributed by atoms with Crippen molar-refractivity contribution in [2.24, 2.45) is 0 Å². The van der Waals surface area contributed by atoms with Crippen LogP contribution in [-0.4, -0.2) is 39.3 Å². The number of nitrogens with zero attached hydrogens (tertiary/aromatic N) is 1. The number of benzene rings is 1. The zero-order chi connectivity index (χ0) is 14.1. The summed E-state index contributed by atoms with van der Waals surface area (Å²) in [6.07, 6.45) is 4.45. The Labute approximate surface area is 117 Å². The maximum absolute atomic E-state index is 5.73. The quantitative estimate of drug-likeness (QED) is 0.639. The highest BCUT2D eigenvalue weighted by molar-refractivity contribution is 5.43. The smallest absolute Gasteiger partial charge is 0.161 e. The van der Waals surface area contributed by atoms with Crippen LogP contribution >= 0.6 is 0 Å². The molecular weight excluding hydrogens is 238 g/mol. The van der Waals surface area contributed by atoms with Gasteiger partial charge in [-0.3, -0.25) is 0 Å². The Morgan fingerprint density at radius 2 is 1.89 bits per heavy atom. The standard InChI is InChI=1S/C16H27NO2/c1-5-6-12-19-15-10-9-14(13-16(15)18-4)8-7-11-17(2)3/h9-10,13H,5-8,11-12H2,1-4H3. The van der Waals surface area contributed by atoms with Gasteiger partial charge in [0, 0.05) is 0 Å². The second-order valence-corrected chi connectivity index (χ2v) is 5.09. The SMILES string of the molecule is CCCCOc1ccc(CCCN(C)C)cc1OC. The Bertz CT molecular complexity index is 364. The Balaban J connectivity index is 2.56. The summed E-state index contributed by atoms with van der Waals surface area (Å²) in [6, 6.07) is 6.26. The van der Waals surface area contributed by atoms with Crippen molar-refractivity contribution >= 4 is 0 Å². The largest absolute Gasteiger partial charge is 0.493 e. The van der Waals surface area contributed by atoms with E-state index >= 15 is 0 Å². The van der Waals surface area contributed by atoms with E-state index in [-0.39, 0.29) is 0 Å². The average molecular weight is 265 g/mol. The Morgan fingerprint density at radius 3 is 2.53 bits per heavy atom. The predicted octanol–water partition coefficient (Wildman–Crippen LogP) is 3.37. The molecule has 0 heterocycles. The zero-order valence-corrected chi connectivity index (χ0v) is 12.7. The van der Waals surface area contributed by atoms with E-state index in [9.17, 15) is 0 Å². The highest BCUT2D eigenvalue weighted by atomic mass is 16.5. The van der Waals surface area contributed by atoms with E-state index in [2.05, 4.69) is 38.1 Å². The van der Waals surface area contributed by atoms with Gasteiger partial charge < -0.3 is 14.4 Å². The second-order valence-electron chi connectivity index (χ2n) is 5.09. The molecule has 1 aromatic rings. The summed E-state index contributed by atoms with van der Waals surface area (Å²) in [4.78, 5) is 2.21. The molecule has 0 N–H and O–H groups in total.